The predicted octanol–water partition coefficient (Wildman–Crippen LogP) is 3.85. The summed E-state index contributed by atoms with van der Waals surface area (Å²) in [6.45, 7) is 4.63. The number of ether oxygens (including phenoxy) is 2. The Bertz CT molecular complexity index is 1120. The summed E-state index contributed by atoms with van der Waals surface area (Å²) in [4.78, 5) is 24.2. The van der Waals surface area contributed by atoms with Gasteiger partial charge in [-0.2, -0.15) is 23.5 Å². The minimum absolute atomic E-state index is 0.155. The lowest BCUT2D eigenvalue weighted by atomic mass is 10.0. The van der Waals surface area contributed by atoms with Crippen molar-refractivity contribution in [2.24, 2.45) is 0 Å². The fourth-order valence-electron chi connectivity index (χ4n) is 3.06. The molecule has 8 nitrogen and oxygen atoms in total. The zero-order chi connectivity index (χ0) is 23.7. The first-order valence-electron chi connectivity index (χ1n) is 9.59. The Morgan fingerprint density at radius 2 is 1.88 bits per heavy atom. The van der Waals surface area contributed by atoms with Crippen LogP contribution in [0.15, 0.2) is 36.0 Å². The monoisotopic (exact) mass is 448 g/mol. The van der Waals surface area contributed by atoms with Crippen LogP contribution < -0.4 is 5.32 Å². The molecule has 1 fully saturated rings. The number of anilines is 1. The number of nitrogens with zero attached hydrogens (tertiary/aromatic N) is 3. The van der Waals surface area contributed by atoms with Crippen molar-refractivity contribution in [2.75, 3.05) is 5.32 Å². The number of esters is 2. The van der Waals surface area contributed by atoms with E-state index in [1.807, 2.05) is 13.0 Å². The third kappa shape index (κ3) is 4.74. The summed E-state index contributed by atoms with van der Waals surface area (Å²) in [5, 5.41) is 15.3. The fourth-order valence-corrected chi connectivity index (χ4v) is 3.06. The number of carbonyl (C=O) groups is 2. The van der Waals surface area contributed by atoms with Gasteiger partial charge < -0.3 is 14.8 Å². The van der Waals surface area contributed by atoms with Gasteiger partial charge in [-0.3, -0.25) is 0 Å². The molecule has 0 bridgehead atoms. The standard InChI is InChI=1S/C21H19F3N4O4/c1-4-5-13-8-12(10-25)6-7-15(13)28-17(9-16(27-28)21(22,23)24)26-11-14-18(29)31-20(2,3)32-19(14)30/h6-9,11,26H,4-5H2,1-3H3. The van der Waals surface area contributed by atoms with Crippen molar-refractivity contribution in [1.29, 1.82) is 5.26 Å². The van der Waals surface area contributed by atoms with Gasteiger partial charge in [0.25, 0.3) is 5.79 Å². The molecule has 3 rings (SSSR count). The molecule has 1 saturated heterocycles. The SMILES string of the molecule is CCCc1cc(C#N)ccc1-n1nc(C(F)(F)F)cc1NC=C1C(=O)OC(C)(C)OC1=O. The van der Waals surface area contributed by atoms with E-state index in [0.29, 0.717) is 29.7 Å². The topological polar surface area (TPSA) is 106 Å². The maximum absolute atomic E-state index is 13.4. The van der Waals surface area contributed by atoms with E-state index in [1.54, 1.807) is 6.07 Å². The summed E-state index contributed by atoms with van der Waals surface area (Å²) < 4.78 is 51.0. The summed E-state index contributed by atoms with van der Waals surface area (Å²) in [7, 11) is 0. The average Bonchev–Trinajstić information content (AvgIpc) is 3.11. The highest BCUT2D eigenvalue weighted by molar-refractivity contribution is 6.15. The molecule has 0 saturated carbocycles. The summed E-state index contributed by atoms with van der Waals surface area (Å²) >= 11 is 0. The molecule has 11 heteroatoms. The van der Waals surface area contributed by atoms with Crippen LogP contribution in [0.25, 0.3) is 5.69 Å². The van der Waals surface area contributed by atoms with Crippen LogP contribution in [-0.2, 0) is 31.7 Å². The van der Waals surface area contributed by atoms with Gasteiger partial charge in [-0.05, 0) is 30.2 Å². The zero-order valence-electron chi connectivity index (χ0n) is 17.4. The number of nitriles is 1. The van der Waals surface area contributed by atoms with E-state index in [9.17, 15) is 22.8 Å². The molecule has 1 aromatic heterocycles. The molecule has 32 heavy (non-hydrogen) atoms. The van der Waals surface area contributed by atoms with Crippen LogP contribution in [0.4, 0.5) is 19.0 Å². The van der Waals surface area contributed by atoms with Gasteiger partial charge in [0.1, 0.15) is 5.82 Å². The number of nitrogens with one attached hydrogen (secondary N) is 1. The van der Waals surface area contributed by atoms with Crippen molar-refractivity contribution in [1.82, 2.24) is 9.78 Å². The first-order valence-corrected chi connectivity index (χ1v) is 9.59. The van der Waals surface area contributed by atoms with Gasteiger partial charge in [0.15, 0.2) is 11.3 Å². The lowest BCUT2D eigenvalue weighted by Gasteiger charge is -2.29. The van der Waals surface area contributed by atoms with E-state index >= 15 is 0 Å². The summed E-state index contributed by atoms with van der Waals surface area (Å²) in [6.07, 6.45) is -2.66. The number of aromatic nitrogens is 2. The summed E-state index contributed by atoms with van der Waals surface area (Å²) in [5.74, 6) is -3.57. The molecular formula is C21H19F3N4O4. The van der Waals surface area contributed by atoms with Gasteiger partial charge in [-0.1, -0.05) is 13.3 Å². The fraction of sp³-hybridized carbons (Fsp3) is 0.333. The van der Waals surface area contributed by atoms with E-state index in [-0.39, 0.29) is 5.82 Å². The van der Waals surface area contributed by atoms with E-state index in [1.165, 1.54) is 26.0 Å². The van der Waals surface area contributed by atoms with Crippen molar-refractivity contribution < 1.29 is 32.2 Å². The van der Waals surface area contributed by atoms with Crippen LogP contribution in [-0.4, -0.2) is 27.5 Å². The Morgan fingerprint density at radius 3 is 2.44 bits per heavy atom. The van der Waals surface area contributed by atoms with Crippen molar-refractivity contribution in [3.05, 3.63) is 52.9 Å². The van der Waals surface area contributed by atoms with E-state index in [0.717, 1.165) is 16.9 Å². The number of hydrogen-bond donors (Lipinski definition) is 1. The minimum atomic E-state index is -4.74. The van der Waals surface area contributed by atoms with Gasteiger partial charge in [0.2, 0.25) is 0 Å². The van der Waals surface area contributed by atoms with E-state index < -0.39 is 35.2 Å². The number of cyclic esters (lactones) is 2. The van der Waals surface area contributed by atoms with Crippen LogP contribution in [0.2, 0.25) is 0 Å². The lowest BCUT2D eigenvalue weighted by molar-refractivity contribution is -0.222. The van der Waals surface area contributed by atoms with Crippen molar-refractivity contribution in [3.8, 4) is 11.8 Å². The second-order valence-electron chi connectivity index (χ2n) is 7.41. The van der Waals surface area contributed by atoms with Crippen LogP contribution in [0, 0.1) is 11.3 Å². The number of alkyl halides is 3. The molecule has 0 unspecified atom stereocenters. The molecule has 0 radical (unpaired) electrons. The van der Waals surface area contributed by atoms with E-state index in [4.69, 9.17) is 14.7 Å². The van der Waals surface area contributed by atoms with Crippen molar-refractivity contribution in [2.45, 2.75) is 45.6 Å². The molecule has 0 atom stereocenters. The number of aryl methyl sites for hydroxylation is 1. The third-order valence-electron chi connectivity index (χ3n) is 4.44. The molecule has 1 aliphatic rings. The molecule has 1 aliphatic heterocycles. The maximum Gasteiger partial charge on any atom is 0.435 e. The average molecular weight is 448 g/mol. The Morgan fingerprint density at radius 1 is 1.22 bits per heavy atom. The normalized spacial score (nSPS) is 15.6. The largest absolute Gasteiger partial charge is 0.435 e. The first-order chi connectivity index (χ1) is 14.9. The quantitative estimate of drug-likeness (QED) is 0.421. The van der Waals surface area contributed by atoms with Gasteiger partial charge >= 0.3 is 18.1 Å². The molecule has 2 aromatic rings. The molecule has 168 valence electrons. The zero-order valence-corrected chi connectivity index (χ0v) is 17.4. The van der Waals surface area contributed by atoms with Crippen LogP contribution in [0.1, 0.15) is 44.0 Å². The van der Waals surface area contributed by atoms with Crippen molar-refractivity contribution in [3.63, 3.8) is 0 Å². The van der Waals surface area contributed by atoms with Gasteiger partial charge in [0.05, 0.1) is 17.3 Å². The summed E-state index contributed by atoms with van der Waals surface area (Å²) in [5.41, 5.74) is -0.416. The molecule has 1 aromatic carbocycles. The van der Waals surface area contributed by atoms with Crippen LogP contribution in [0.5, 0.6) is 0 Å². The van der Waals surface area contributed by atoms with Crippen LogP contribution >= 0.6 is 0 Å². The van der Waals surface area contributed by atoms with E-state index in [2.05, 4.69) is 10.4 Å². The molecule has 1 N–H and O–H groups in total. The third-order valence-corrected chi connectivity index (χ3v) is 4.44. The van der Waals surface area contributed by atoms with Gasteiger partial charge in [-0.15, -0.1) is 0 Å². The Balaban J connectivity index is 2.07. The van der Waals surface area contributed by atoms with Gasteiger partial charge in [0, 0.05) is 26.1 Å². The Labute approximate surface area is 181 Å². The van der Waals surface area contributed by atoms with Gasteiger partial charge in [-0.25, -0.2) is 14.3 Å². The highest BCUT2D eigenvalue weighted by atomic mass is 19.4. The predicted molar refractivity (Wildman–Crippen MR) is 105 cm³/mol. The number of carbonyl (C=O) groups excluding carboxylic acids is 2. The van der Waals surface area contributed by atoms with Crippen LogP contribution in [0.3, 0.4) is 0 Å². The summed E-state index contributed by atoms with van der Waals surface area (Å²) in [6, 6.07) is 7.27. The Kier molecular flexibility index (Phi) is 5.98. The smallest absolute Gasteiger partial charge is 0.419 e. The molecule has 0 aliphatic carbocycles. The maximum atomic E-state index is 13.4. The number of rotatable bonds is 5. The number of hydrogen-bond acceptors (Lipinski definition) is 7. The molecule has 2 heterocycles. The highest BCUT2D eigenvalue weighted by Crippen LogP contribution is 2.32. The highest BCUT2D eigenvalue weighted by Gasteiger charge is 2.39. The van der Waals surface area contributed by atoms with Crippen molar-refractivity contribution >= 4 is 17.8 Å². The molecular weight excluding hydrogens is 429 g/mol. The molecule has 0 spiro atoms. The minimum Gasteiger partial charge on any atom is -0.419 e. The Hall–Kier alpha value is -3.81. The first kappa shape index (κ1) is 22.9. The molecule has 0 amide bonds. The lowest BCUT2D eigenvalue weighted by Crippen LogP contribution is -2.42. The second kappa shape index (κ2) is 8.37. The number of halogens is 3. The number of benzene rings is 1. The second-order valence-corrected chi connectivity index (χ2v) is 7.41.